The van der Waals surface area contributed by atoms with E-state index in [1.165, 1.54) is 0 Å². The van der Waals surface area contributed by atoms with Gasteiger partial charge >= 0.3 is 12.0 Å². The summed E-state index contributed by atoms with van der Waals surface area (Å²) in [6, 6.07) is -0.163. The standard InChI is InChI=1S/C12H18N2O4/c1-3-4-5-6-13-11(17)14-8-12(2,9-14)18-7-10(15)16/h5-9H2,1-2H3,(H,13,17)(H,15,16). The molecule has 2 N–H and O–H groups in total. The number of ether oxygens (including phenoxy) is 1. The van der Waals surface area contributed by atoms with Gasteiger partial charge in [-0.25, -0.2) is 9.59 Å². The van der Waals surface area contributed by atoms with Crippen molar-refractivity contribution in [1.29, 1.82) is 0 Å². The minimum atomic E-state index is -1.00. The summed E-state index contributed by atoms with van der Waals surface area (Å²) in [5.41, 5.74) is -0.543. The zero-order valence-corrected chi connectivity index (χ0v) is 10.7. The van der Waals surface area contributed by atoms with Crippen molar-refractivity contribution in [1.82, 2.24) is 10.2 Å². The lowest BCUT2D eigenvalue weighted by atomic mass is 9.97. The summed E-state index contributed by atoms with van der Waals surface area (Å²) in [7, 11) is 0. The number of carboxylic acids is 1. The van der Waals surface area contributed by atoms with Gasteiger partial charge in [0.1, 0.15) is 12.2 Å². The molecule has 0 aliphatic carbocycles. The van der Waals surface area contributed by atoms with E-state index in [9.17, 15) is 9.59 Å². The largest absolute Gasteiger partial charge is 0.480 e. The molecule has 0 aromatic carbocycles. The number of nitrogens with zero attached hydrogens (tertiary/aromatic N) is 1. The van der Waals surface area contributed by atoms with Crippen LogP contribution in [0, 0.1) is 11.8 Å². The van der Waals surface area contributed by atoms with E-state index < -0.39 is 11.6 Å². The number of carboxylic acid groups (broad SMARTS) is 1. The van der Waals surface area contributed by atoms with Gasteiger partial charge in [-0.15, -0.1) is 11.8 Å². The summed E-state index contributed by atoms with van der Waals surface area (Å²) in [5.74, 6) is 4.60. The Bertz CT molecular complexity index is 377. The van der Waals surface area contributed by atoms with Crippen molar-refractivity contribution in [2.75, 3.05) is 26.2 Å². The van der Waals surface area contributed by atoms with Crippen LogP contribution in [0.4, 0.5) is 4.79 Å². The Morgan fingerprint density at radius 3 is 2.72 bits per heavy atom. The quantitative estimate of drug-likeness (QED) is 0.546. The van der Waals surface area contributed by atoms with Gasteiger partial charge in [-0.3, -0.25) is 0 Å². The zero-order chi connectivity index (χ0) is 13.6. The van der Waals surface area contributed by atoms with Gasteiger partial charge in [-0.2, -0.15) is 0 Å². The van der Waals surface area contributed by atoms with Gasteiger partial charge in [-0.1, -0.05) is 0 Å². The minimum Gasteiger partial charge on any atom is -0.480 e. The van der Waals surface area contributed by atoms with E-state index in [4.69, 9.17) is 9.84 Å². The molecule has 0 bridgehead atoms. The average molecular weight is 254 g/mol. The molecule has 0 unspecified atom stereocenters. The highest BCUT2D eigenvalue weighted by Gasteiger charge is 2.42. The van der Waals surface area contributed by atoms with Crippen LogP contribution >= 0.6 is 0 Å². The van der Waals surface area contributed by atoms with Crippen molar-refractivity contribution in [2.45, 2.75) is 25.9 Å². The summed E-state index contributed by atoms with van der Waals surface area (Å²) in [6.07, 6.45) is 0.628. The topological polar surface area (TPSA) is 78.9 Å². The van der Waals surface area contributed by atoms with Crippen molar-refractivity contribution >= 4 is 12.0 Å². The van der Waals surface area contributed by atoms with Crippen LogP contribution in [0.3, 0.4) is 0 Å². The fraction of sp³-hybridized carbons (Fsp3) is 0.667. The maximum Gasteiger partial charge on any atom is 0.329 e. The lowest BCUT2D eigenvalue weighted by Crippen LogP contribution is -2.65. The molecule has 1 aliphatic rings. The van der Waals surface area contributed by atoms with E-state index in [0.29, 0.717) is 26.1 Å². The highest BCUT2D eigenvalue weighted by Crippen LogP contribution is 2.24. The first-order valence-electron chi connectivity index (χ1n) is 5.75. The Kier molecular flexibility index (Phi) is 4.98. The van der Waals surface area contributed by atoms with E-state index in [1.54, 1.807) is 18.7 Å². The van der Waals surface area contributed by atoms with Crippen LogP contribution in [0.1, 0.15) is 20.3 Å². The number of aliphatic carboxylic acids is 1. The maximum atomic E-state index is 11.6. The van der Waals surface area contributed by atoms with Crippen LogP contribution in [0.2, 0.25) is 0 Å². The lowest BCUT2D eigenvalue weighted by Gasteiger charge is -2.46. The number of carbonyl (C=O) groups is 2. The van der Waals surface area contributed by atoms with E-state index >= 15 is 0 Å². The second-order valence-corrected chi connectivity index (χ2v) is 4.40. The van der Waals surface area contributed by atoms with Crippen molar-refractivity contribution in [3.8, 4) is 11.8 Å². The number of amides is 2. The second kappa shape index (κ2) is 6.26. The Hall–Kier alpha value is -1.74. The van der Waals surface area contributed by atoms with E-state index in [1.807, 2.05) is 0 Å². The molecule has 0 aromatic rings. The first-order valence-corrected chi connectivity index (χ1v) is 5.75. The van der Waals surface area contributed by atoms with Crippen LogP contribution in [-0.2, 0) is 9.53 Å². The fourth-order valence-corrected chi connectivity index (χ4v) is 1.70. The first-order chi connectivity index (χ1) is 8.47. The third-order valence-corrected chi connectivity index (χ3v) is 2.58. The number of carbonyl (C=O) groups excluding carboxylic acids is 1. The van der Waals surface area contributed by atoms with Gasteiger partial charge < -0.3 is 20.1 Å². The predicted octanol–water partition coefficient (Wildman–Crippen LogP) is 0.285. The number of hydrogen-bond acceptors (Lipinski definition) is 3. The molecular formula is C12H18N2O4. The number of hydrogen-bond donors (Lipinski definition) is 2. The first kappa shape index (κ1) is 14.3. The maximum absolute atomic E-state index is 11.6. The molecule has 0 atom stereocenters. The van der Waals surface area contributed by atoms with Gasteiger partial charge in [0.2, 0.25) is 0 Å². The molecule has 1 saturated heterocycles. The smallest absolute Gasteiger partial charge is 0.329 e. The van der Waals surface area contributed by atoms with Crippen LogP contribution < -0.4 is 5.32 Å². The van der Waals surface area contributed by atoms with Crippen LogP contribution in [0.25, 0.3) is 0 Å². The summed E-state index contributed by atoms with van der Waals surface area (Å²) < 4.78 is 5.21. The summed E-state index contributed by atoms with van der Waals surface area (Å²) in [6.45, 7) is 4.54. The molecular weight excluding hydrogens is 236 g/mol. The molecule has 1 aliphatic heterocycles. The van der Waals surface area contributed by atoms with Crippen LogP contribution in [0.15, 0.2) is 0 Å². The monoisotopic (exact) mass is 254 g/mol. The van der Waals surface area contributed by atoms with Crippen molar-refractivity contribution < 1.29 is 19.4 Å². The van der Waals surface area contributed by atoms with E-state index in [2.05, 4.69) is 17.2 Å². The normalized spacial score (nSPS) is 16.2. The molecule has 18 heavy (non-hydrogen) atoms. The van der Waals surface area contributed by atoms with Gasteiger partial charge in [-0.05, 0) is 13.8 Å². The summed E-state index contributed by atoms with van der Waals surface area (Å²) in [4.78, 5) is 23.6. The number of urea groups is 1. The Morgan fingerprint density at radius 2 is 2.17 bits per heavy atom. The highest BCUT2D eigenvalue weighted by atomic mass is 16.5. The summed E-state index contributed by atoms with van der Waals surface area (Å²) in [5, 5.41) is 11.2. The molecule has 0 spiro atoms. The number of likely N-dealkylation sites (tertiary alicyclic amines) is 1. The third-order valence-electron chi connectivity index (χ3n) is 2.58. The van der Waals surface area contributed by atoms with Gasteiger partial charge in [0.05, 0.1) is 13.1 Å². The molecule has 6 heteroatoms. The minimum absolute atomic E-state index is 0.163. The molecule has 2 amide bonds. The van der Waals surface area contributed by atoms with Crippen molar-refractivity contribution in [3.63, 3.8) is 0 Å². The van der Waals surface area contributed by atoms with Crippen molar-refractivity contribution in [2.24, 2.45) is 0 Å². The number of nitrogens with one attached hydrogen (secondary N) is 1. The SMILES string of the molecule is CC#CCCNC(=O)N1CC(C)(OCC(=O)O)C1. The van der Waals surface area contributed by atoms with Gasteiger partial charge in [0.25, 0.3) is 0 Å². The molecule has 6 nitrogen and oxygen atoms in total. The molecule has 1 heterocycles. The zero-order valence-electron chi connectivity index (χ0n) is 10.7. The molecule has 0 saturated carbocycles. The van der Waals surface area contributed by atoms with Crippen LogP contribution in [-0.4, -0.2) is 53.8 Å². The fourth-order valence-electron chi connectivity index (χ4n) is 1.70. The van der Waals surface area contributed by atoms with E-state index in [0.717, 1.165) is 0 Å². The second-order valence-electron chi connectivity index (χ2n) is 4.40. The Balaban J connectivity index is 2.21. The molecule has 100 valence electrons. The molecule has 1 rings (SSSR count). The Morgan fingerprint density at radius 1 is 1.50 bits per heavy atom. The average Bonchev–Trinajstić information content (AvgIpc) is 2.28. The lowest BCUT2D eigenvalue weighted by molar-refractivity contribution is -0.159. The number of rotatable bonds is 5. The Labute approximate surface area is 106 Å². The third kappa shape index (κ3) is 4.26. The molecule has 1 fully saturated rings. The summed E-state index contributed by atoms with van der Waals surface area (Å²) >= 11 is 0. The van der Waals surface area contributed by atoms with Crippen LogP contribution in [0.5, 0.6) is 0 Å². The predicted molar refractivity (Wildman–Crippen MR) is 65.0 cm³/mol. The molecule has 0 aromatic heterocycles. The van der Waals surface area contributed by atoms with E-state index in [-0.39, 0.29) is 12.6 Å². The highest BCUT2D eigenvalue weighted by molar-refractivity contribution is 5.75. The van der Waals surface area contributed by atoms with Crippen molar-refractivity contribution in [3.05, 3.63) is 0 Å². The van der Waals surface area contributed by atoms with Gasteiger partial charge in [0.15, 0.2) is 0 Å². The van der Waals surface area contributed by atoms with Gasteiger partial charge in [0, 0.05) is 13.0 Å². The molecule has 0 radical (unpaired) electrons.